The minimum absolute atomic E-state index is 0.0206. The molecular weight excluding hydrogens is 466 g/mol. The van der Waals surface area contributed by atoms with Crippen LogP contribution in [0, 0.1) is 6.92 Å². The van der Waals surface area contributed by atoms with E-state index in [2.05, 4.69) is 35.4 Å². The highest BCUT2D eigenvalue weighted by molar-refractivity contribution is 5.94. The molecule has 2 aliphatic heterocycles. The van der Waals surface area contributed by atoms with Crippen LogP contribution in [0.5, 0.6) is 5.75 Å². The number of imidazole rings is 1. The molecule has 9 nitrogen and oxygen atoms in total. The topological polar surface area (TPSA) is 79.6 Å². The summed E-state index contributed by atoms with van der Waals surface area (Å²) in [6, 6.07) is 12.0. The molecule has 3 aromatic heterocycles. The first kappa shape index (κ1) is 23.0. The minimum Gasteiger partial charge on any atom is -0.493 e. The number of carbonyl (C=O) groups is 1. The van der Waals surface area contributed by atoms with Crippen molar-refractivity contribution in [3.63, 3.8) is 0 Å². The molecule has 188 valence electrons. The van der Waals surface area contributed by atoms with Crippen LogP contribution in [0.15, 0.2) is 55.0 Å². The van der Waals surface area contributed by atoms with Crippen LogP contribution in [0.4, 0.5) is 22.1 Å². The predicted molar refractivity (Wildman–Crippen MR) is 143 cm³/mol. The summed E-state index contributed by atoms with van der Waals surface area (Å²) in [5.74, 6) is 3.39. The normalized spacial score (nSPS) is 14.1. The van der Waals surface area contributed by atoms with Gasteiger partial charge in [-0.05, 0) is 49.7 Å². The average Bonchev–Trinajstić information content (AvgIpc) is 3.24. The van der Waals surface area contributed by atoms with Crippen molar-refractivity contribution in [1.29, 1.82) is 0 Å². The van der Waals surface area contributed by atoms with Crippen molar-refractivity contribution in [2.24, 2.45) is 0 Å². The summed E-state index contributed by atoms with van der Waals surface area (Å²) in [6.07, 6.45) is 6.31. The van der Waals surface area contributed by atoms with Crippen LogP contribution in [0.3, 0.4) is 0 Å². The molecule has 1 aromatic carbocycles. The van der Waals surface area contributed by atoms with Gasteiger partial charge in [-0.15, -0.1) is 0 Å². The summed E-state index contributed by atoms with van der Waals surface area (Å²) in [6.45, 7) is 5.92. The number of aromatic nitrogens is 4. The van der Waals surface area contributed by atoms with Crippen LogP contribution < -0.4 is 14.5 Å². The lowest BCUT2D eigenvalue weighted by Crippen LogP contribution is -2.42. The average molecular weight is 496 g/mol. The fourth-order valence-corrected chi connectivity index (χ4v) is 5.22. The number of aryl methyl sites for hydroxylation is 1. The van der Waals surface area contributed by atoms with Gasteiger partial charge in [0.05, 0.1) is 30.1 Å². The summed E-state index contributed by atoms with van der Waals surface area (Å²) < 4.78 is 8.40. The van der Waals surface area contributed by atoms with Gasteiger partial charge < -0.3 is 14.5 Å². The number of urea groups is 1. The van der Waals surface area contributed by atoms with Crippen LogP contribution in [-0.2, 0) is 13.0 Å². The Hall–Kier alpha value is -4.40. The van der Waals surface area contributed by atoms with E-state index in [9.17, 15) is 4.79 Å². The number of nitrogens with zero attached hydrogens (tertiary/aromatic N) is 7. The van der Waals surface area contributed by atoms with Gasteiger partial charge in [-0.3, -0.25) is 9.47 Å². The summed E-state index contributed by atoms with van der Waals surface area (Å²) >= 11 is 0. The second kappa shape index (κ2) is 8.92. The molecule has 2 aliphatic rings. The van der Waals surface area contributed by atoms with Crippen molar-refractivity contribution in [3.8, 4) is 22.8 Å². The number of carbonyl (C=O) groups excluding carboxylic acids is 1. The van der Waals surface area contributed by atoms with E-state index in [4.69, 9.17) is 19.7 Å². The number of ether oxygens (including phenoxy) is 1. The molecule has 9 heteroatoms. The highest BCUT2D eigenvalue weighted by atomic mass is 16.5. The second-order valence-corrected chi connectivity index (χ2v) is 9.41. The van der Waals surface area contributed by atoms with Crippen molar-refractivity contribution >= 4 is 23.4 Å². The number of pyridine rings is 2. The molecule has 0 spiro atoms. The monoisotopic (exact) mass is 495 g/mol. The van der Waals surface area contributed by atoms with E-state index in [1.807, 2.05) is 42.9 Å². The zero-order valence-corrected chi connectivity index (χ0v) is 21.5. The maximum absolute atomic E-state index is 12.3. The fourth-order valence-electron chi connectivity index (χ4n) is 5.22. The molecular formula is C28H29N7O2. The molecule has 0 aliphatic carbocycles. The molecule has 0 N–H and O–H groups in total. The largest absolute Gasteiger partial charge is 0.493 e. The zero-order chi connectivity index (χ0) is 25.7. The predicted octanol–water partition coefficient (Wildman–Crippen LogP) is 4.73. The fraction of sp³-hybridized carbons (Fsp3) is 0.286. The van der Waals surface area contributed by atoms with Crippen LogP contribution in [0.25, 0.3) is 17.1 Å². The first-order valence-corrected chi connectivity index (χ1v) is 12.5. The lowest BCUT2D eigenvalue weighted by atomic mass is 10.1. The van der Waals surface area contributed by atoms with E-state index in [1.165, 1.54) is 0 Å². The lowest BCUT2D eigenvalue weighted by molar-refractivity contribution is 0.210. The summed E-state index contributed by atoms with van der Waals surface area (Å²) in [5, 5.41) is 0. The van der Waals surface area contributed by atoms with Crippen LogP contribution >= 0.6 is 0 Å². The van der Waals surface area contributed by atoms with E-state index >= 15 is 0 Å². The molecule has 0 atom stereocenters. The molecule has 0 saturated carbocycles. The van der Waals surface area contributed by atoms with E-state index in [0.29, 0.717) is 19.6 Å². The van der Waals surface area contributed by atoms with Gasteiger partial charge in [0.15, 0.2) is 5.82 Å². The summed E-state index contributed by atoms with van der Waals surface area (Å²) in [5.41, 5.74) is 6.00. The van der Waals surface area contributed by atoms with Crippen molar-refractivity contribution < 1.29 is 9.53 Å². The van der Waals surface area contributed by atoms with Gasteiger partial charge in [-0.1, -0.05) is 6.07 Å². The Labute approximate surface area is 216 Å². The van der Waals surface area contributed by atoms with Crippen molar-refractivity contribution in [1.82, 2.24) is 24.4 Å². The maximum Gasteiger partial charge on any atom is 0.324 e. The van der Waals surface area contributed by atoms with Crippen LogP contribution in [0.1, 0.15) is 23.7 Å². The standard InChI is InChI=1S/C28H29N7O2/c1-5-34-25-20(26-30-15-18(2)35(26)23-9-7-12-29-27(23)34)14-19(16-31-25)11-13-37-24-10-6-8-22-21(24)17-32(3)28(36)33(22)4/h6-10,12,14-16H,5,11,13,17H2,1-4H3. The lowest BCUT2D eigenvalue weighted by Gasteiger charge is -2.33. The Bertz CT molecular complexity index is 1510. The summed E-state index contributed by atoms with van der Waals surface area (Å²) in [4.78, 5) is 32.2. The molecule has 6 rings (SSSR count). The summed E-state index contributed by atoms with van der Waals surface area (Å²) in [7, 11) is 3.60. The number of rotatable bonds is 5. The third kappa shape index (κ3) is 3.69. The highest BCUT2D eigenvalue weighted by Gasteiger charge is 2.29. The van der Waals surface area contributed by atoms with Gasteiger partial charge in [0.2, 0.25) is 0 Å². The number of amides is 2. The molecule has 0 fully saturated rings. The van der Waals surface area contributed by atoms with E-state index in [0.717, 1.165) is 63.5 Å². The highest BCUT2D eigenvalue weighted by Crippen LogP contribution is 2.41. The molecule has 0 unspecified atom stereocenters. The Balaban J connectivity index is 1.30. The van der Waals surface area contributed by atoms with E-state index in [1.54, 1.807) is 23.9 Å². The van der Waals surface area contributed by atoms with Crippen molar-refractivity contribution in [2.75, 3.05) is 37.0 Å². The molecule has 37 heavy (non-hydrogen) atoms. The van der Waals surface area contributed by atoms with Crippen molar-refractivity contribution in [3.05, 3.63) is 71.8 Å². The van der Waals surface area contributed by atoms with E-state index < -0.39 is 0 Å². The Morgan fingerprint density at radius 3 is 2.68 bits per heavy atom. The Morgan fingerprint density at radius 2 is 1.84 bits per heavy atom. The maximum atomic E-state index is 12.3. The van der Waals surface area contributed by atoms with Crippen LogP contribution in [-0.4, -0.2) is 57.7 Å². The molecule has 4 aromatic rings. The number of benzene rings is 1. The quantitative estimate of drug-likeness (QED) is 0.398. The Kier molecular flexibility index (Phi) is 5.55. The molecule has 2 amide bonds. The van der Waals surface area contributed by atoms with Crippen molar-refractivity contribution in [2.45, 2.75) is 26.8 Å². The van der Waals surface area contributed by atoms with Gasteiger partial charge in [0.25, 0.3) is 0 Å². The first-order valence-electron chi connectivity index (χ1n) is 12.5. The van der Waals surface area contributed by atoms with Gasteiger partial charge in [0, 0.05) is 56.9 Å². The van der Waals surface area contributed by atoms with Gasteiger partial charge >= 0.3 is 6.03 Å². The Morgan fingerprint density at radius 1 is 1.00 bits per heavy atom. The number of fused-ring (bicyclic) bond motifs is 6. The molecule has 0 bridgehead atoms. The number of anilines is 3. The third-order valence-electron chi connectivity index (χ3n) is 7.06. The van der Waals surface area contributed by atoms with Gasteiger partial charge in [-0.2, -0.15) is 0 Å². The van der Waals surface area contributed by atoms with Gasteiger partial charge in [0.1, 0.15) is 17.4 Å². The first-order chi connectivity index (χ1) is 18.0. The smallest absolute Gasteiger partial charge is 0.324 e. The number of hydrogen-bond acceptors (Lipinski definition) is 6. The molecule has 0 radical (unpaired) electrons. The molecule has 0 saturated heterocycles. The molecule has 5 heterocycles. The minimum atomic E-state index is -0.0206. The SMILES string of the molecule is CCN1c2ncc(CCOc3cccc4c3CN(C)C(=O)N4C)cc2-c2ncc(C)n2-c2cccnc21. The van der Waals surface area contributed by atoms with Gasteiger partial charge in [-0.25, -0.2) is 19.7 Å². The zero-order valence-electron chi connectivity index (χ0n) is 21.5. The number of hydrogen-bond donors (Lipinski definition) is 0. The second-order valence-electron chi connectivity index (χ2n) is 9.41. The third-order valence-corrected chi connectivity index (χ3v) is 7.06. The van der Waals surface area contributed by atoms with Crippen LogP contribution in [0.2, 0.25) is 0 Å². The van der Waals surface area contributed by atoms with E-state index in [-0.39, 0.29) is 6.03 Å².